The van der Waals surface area contributed by atoms with Crippen molar-refractivity contribution in [2.24, 2.45) is 5.92 Å². The molecule has 1 N–H and O–H groups in total. The second-order valence-corrected chi connectivity index (χ2v) is 5.05. The maximum absolute atomic E-state index is 5.47. The Morgan fingerprint density at radius 1 is 1.31 bits per heavy atom. The molecule has 0 aliphatic carbocycles. The summed E-state index contributed by atoms with van der Waals surface area (Å²) < 4.78 is 5.47. The number of piperidine rings is 1. The number of hydrogen-bond donors (Lipinski definition) is 1. The molecule has 2 fully saturated rings. The summed E-state index contributed by atoms with van der Waals surface area (Å²) in [6.07, 6.45) is 5.56. The fourth-order valence-corrected chi connectivity index (χ4v) is 3.20. The van der Waals surface area contributed by atoms with Crippen molar-refractivity contribution < 1.29 is 4.74 Å². The lowest BCUT2D eigenvalue weighted by Crippen LogP contribution is -2.44. The van der Waals surface area contributed by atoms with E-state index in [0.717, 1.165) is 31.7 Å². The van der Waals surface area contributed by atoms with Gasteiger partial charge in [-0.25, -0.2) is 0 Å². The van der Waals surface area contributed by atoms with Crippen LogP contribution in [-0.4, -0.2) is 50.3 Å². The average molecular weight is 226 g/mol. The lowest BCUT2D eigenvalue weighted by molar-refractivity contribution is 0.0906. The van der Waals surface area contributed by atoms with Crippen molar-refractivity contribution >= 4 is 0 Å². The highest BCUT2D eigenvalue weighted by Crippen LogP contribution is 2.27. The van der Waals surface area contributed by atoms with Crippen molar-refractivity contribution in [3.8, 4) is 0 Å². The van der Waals surface area contributed by atoms with Crippen LogP contribution >= 0.6 is 0 Å². The van der Waals surface area contributed by atoms with E-state index in [0.29, 0.717) is 0 Å². The Balaban J connectivity index is 1.77. The zero-order valence-electron chi connectivity index (χ0n) is 10.6. The zero-order valence-corrected chi connectivity index (χ0v) is 10.6. The van der Waals surface area contributed by atoms with Crippen LogP contribution < -0.4 is 5.32 Å². The minimum absolute atomic E-state index is 0.827. The van der Waals surface area contributed by atoms with Crippen LogP contribution in [0, 0.1) is 5.92 Å². The molecule has 0 bridgehead atoms. The van der Waals surface area contributed by atoms with Gasteiger partial charge >= 0.3 is 0 Å². The molecule has 2 aliphatic heterocycles. The van der Waals surface area contributed by atoms with Crippen LogP contribution in [0.15, 0.2) is 0 Å². The Morgan fingerprint density at radius 2 is 2.25 bits per heavy atom. The molecule has 0 saturated carbocycles. The van der Waals surface area contributed by atoms with Crippen molar-refractivity contribution in [1.82, 2.24) is 10.2 Å². The first kappa shape index (κ1) is 12.3. The molecule has 94 valence electrons. The first-order valence-corrected chi connectivity index (χ1v) is 6.94. The van der Waals surface area contributed by atoms with E-state index in [2.05, 4.69) is 17.1 Å². The fraction of sp³-hybridized carbons (Fsp3) is 1.00. The van der Waals surface area contributed by atoms with Crippen LogP contribution in [0.2, 0.25) is 0 Å². The number of hydrogen-bond acceptors (Lipinski definition) is 3. The molecule has 0 amide bonds. The molecule has 2 heterocycles. The number of nitrogens with one attached hydrogen (secondary N) is 1. The molecule has 3 nitrogen and oxygen atoms in total. The standard InChI is InChI=1S/C13H26N2O/c1-2-16-10-9-15-8-4-6-13(15)12-5-3-7-14-11-12/h12-14H,2-11H2,1H3. The summed E-state index contributed by atoms with van der Waals surface area (Å²) in [5, 5.41) is 3.54. The fourth-order valence-electron chi connectivity index (χ4n) is 3.20. The van der Waals surface area contributed by atoms with Gasteiger partial charge in [-0.3, -0.25) is 4.90 Å². The molecule has 16 heavy (non-hydrogen) atoms. The van der Waals surface area contributed by atoms with Gasteiger partial charge in [-0.05, 0) is 58.2 Å². The molecule has 0 aromatic rings. The average Bonchev–Trinajstić information content (AvgIpc) is 2.79. The van der Waals surface area contributed by atoms with Gasteiger partial charge in [-0.15, -0.1) is 0 Å². The highest BCUT2D eigenvalue weighted by Gasteiger charge is 2.31. The maximum Gasteiger partial charge on any atom is 0.0593 e. The predicted octanol–water partition coefficient (Wildman–Crippen LogP) is 1.49. The van der Waals surface area contributed by atoms with E-state index >= 15 is 0 Å². The van der Waals surface area contributed by atoms with E-state index in [1.165, 1.54) is 45.3 Å². The van der Waals surface area contributed by atoms with Crippen molar-refractivity contribution in [3.63, 3.8) is 0 Å². The highest BCUT2D eigenvalue weighted by molar-refractivity contribution is 4.87. The van der Waals surface area contributed by atoms with E-state index in [1.807, 2.05) is 0 Å². The van der Waals surface area contributed by atoms with Gasteiger partial charge in [0.05, 0.1) is 6.61 Å². The number of likely N-dealkylation sites (tertiary alicyclic amines) is 1. The smallest absolute Gasteiger partial charge is 0.0593 e. The van der Waals surface area contributed by atoms with Gasteiger partial charge in [-0.1, -0.05) is 0 Å². The van der Waals surface area contributed by atoms with Gasteiger partial charge < -0.3 is 10.1 Å². The van der Waals surface area contributed by atoms with Crippen molar-refractivity contribution in [1.29, 1.82) is 0 Å². The van der Waals surface area contributed by atoms with Crippen LogP contribution in [0.5, 0.6) is 0 Å². The van der Waals surface area contributed by atoms with Gasteiger partial charge in [0, 0.05) is 19.2 Å². The summed E-state index contributed by atoms with van der Waals surface area (Å²) in [7, 11) is 0. The van der Waals surface area contributed by atoms with Gasteiger partial charge in [-0.2, -0.15) is 0 Å². The van der Waals surface area contributed by atoms with Gasteiger partial charge in [0.15, 0.2) is 0 Å². The molecule has 3 heteroatoms. The molecular formula is C13H26N2O. The zero-order chi connectivity index (χ0) is 11.2. The second kappa shape index (κ2) is 6.58. The molecule has 0 radical (unpaired) electrons. The predicted molar refractivity (Wildman–Crippen MR) is 66.7 cm³/mol. The summed E-state index contributed by atoms with van der Waals surface area (Å²) in [5.41, 5.74) is 0. The Hall–Kier alpha value is -0.120. The molecule has 2 rings (SSSR count). The van der Waals surface area contributed by atoms with Crippen molar-refractivity contribution in [2.75, 3.05) is 39.4 Å². The minimum atomic E-state index is 0.827. The van der Waals surface area contributed by atoms with E-state index < -0.39 is 0 Å². The van der Waals surface area contributed by atoms with Gasteiger partial charge in [0.2, 0.25) is 0 Å². The largest absolute Gasteiger partial charge is 0.380 e. The van der Waals surface area contributed by atoms with Gasteiger partial charge in [0.25, 0.3) is 0 Å². The third kappa shape index (κ3) is 3.19. The Kier molecular flexibility index (Phi) is 5.07. The quantitative estimate of drug-likeness (QED) is 0.719. The summed E-state index contributed by atoms with van der Waals surface area (Å²) in [6, 6.07) is 0.827. The van der Waals surface area contributed by atoms with Crippen LogP contribution in [-0.2, 0) is 4.74 Å². The molecule has 0 spiro atoms. The monoisotopic (exact) mass is 226 g/mol. The molecule has 0 aromatic carbocycles. The maximum atomic E-state index is 5.47. The SMILES string of the molecule is CCOCCN1CCCC1C1CCCNC1. The van der Waals surface area contributed by atoms with Crippen LogP contribution in [0.3, 0.4) is 0 Å². The molecular weight excluding hydrogens is 200 g/mol. The first-order valence-electron chi connectivity index (χ1n) is 6.94. The third-order valence-electron chi connectivity index (χ3n) is 4.02. The Morgan fingerprint density at radius 3 is 3.00 bits per heavy atom. The van der Waals surface area contributed by atoms with E-state index in [4.69, 9.17) is 4.74 Å². The first-order chi connectivity index (χ1) is 7.92. The minimum Gasteiger partial charge on any atom is -0.380 e. The summed E-state index contributed by atoms with van der Waals surface area (Å²) in [5.74, 6) is 0.887. The number of rotatable bonds is 5. The lowest BCUT2D eigenvalue weighted by Gasteiger charge is -2.34. The highest BCUT2D eigenvalue weighted by atomic mass is 16.5. The number of nitrogens with zero attached hydrogens (tertiary/aromatic N) is 1. The topological polar surface area (TPSA) is 24.5 Å². The van der Waals surface area contributed by atoms with E-state index in [1.54, 1.807) is 0 Å². The van der Waals surface area contributed by atoms with Crippen LogP contribution in [0.4, 0.5) is 0 Å². The normalized spacial score (nSPS) is 32.1. The molecule has 2 saturated heterocycles. The molecule has 2 aliphatic rings. The summed E-state index contributed by atoms with van der Waals surface area (Å²) in [4.78, 5) is 2.66. The van der Waals surface area contributed by atoms with Crippen LogP contribution in [0.1, 0.15) is 32.6 Å². The molecule has 0 aromatic heterocycles. The van der Waals surface area contributed by atoms with Crippen molar-refractivity contribution in [2.45, 2.75) is 38.6 Å². The summed E-state index contributed by atoms with van der Waals surface area (Å²) in [6.45, 7) is 8.71. The number of ether oxygens (including phenoxy) is 1. The van der Waals surface area contributed by atoms with Gasteiger partial charge in [0.1, 0.15) is 0 Å². The second-order valence-electron chi connectivity index (χ2n) is 5.05. The summed E-state index contributed by atoms with van der Waals surface area (Å²) >= 11 is 0. The Bertz CT molecular complexity index is 192. The van der Waals surface area contributed by atoms with Crippen molar-refractivity contribution in [3.05, 3.63) is 0 Å². The molecule has 2 atom stereocenters. The Labute approximate surface area is 99.5 Å². The molecule has 2 unspecified atom stereocenters. The lowest BCUT2D eigenvalue weighted by atomic mass is 9.90. The van der Waals surface area contributed by atoms with E-state index in [-0.39, 0.29) is 0 Å². The third-order valence-corrected chi connectivity index (χ3v) is 4.02. The van der Waals surface area contributed by atoms with E-state index in [9.17, 15) is 0 Å². The van der Waals surface area contributed by atoms with Crippen LogP contribution in [0.25, 0.3) is 0 Å².